The van der Waals surface area contributed by atoms with Gasteiger partial charge in [0.25, 0.3) is 5.91 Å². The number of fused-ring (bicyclic) bond motifs is 2. The maximum Gasteiger partial charge on any atom is 0.257 e. The van der Waals surface area contributed by atoms with Crippen molar-refractivity contribution in [3.63, 3.8) is 0 Å². The van der Waals surface area contributed by atoms with Crippen LogP contribution in [0.15, 0.2) is 59.1 Å². The fraction of sp³-hybridized carbons (Fsp3) is 0.0909. The summed E-state index contributed by atoms with van der Waals surface area (Å²) in [5.74, 6) is 1.24. The van der Waals surface area contributed by atoms with Crippen molar-refractivity contribution in [1.82, 2.24) is 15.3 Å². The molecule has 4 aromatic rings. The van der Waals surface area contributed by atoms with E-state index in [2.05, 4.69) is 20.6 Å². The third kappa shape index (κ3) is 3.78. The van der Waals surface area contributed by atoms with Crippen LogP contribution in [0, 0.1) is 6.92 Å². The Labute approximate surface area is 182 Å². The van der Waals surface area contributed by atoms with Gasteiger partial charge in [-0.3, -0.25) is 10.1 Å². The van der Waals surface area contributed by atoms with Crippen LogP contribution < -0.4 is 20.1 Å². The number of carbonyl (C=O) groups excluding carboxylic acids is 1. The molecule has 154 valence electrons. The quantitative estimate of drug-likeness (QED) is 0.468. The highest BCUT2D eigenvalue weighted by atomic mass is 32.1. The molecule has 1 aliphatic rings. The number of anilines is 1. The summed E-state index contributed by atoms with van der Waals surface area (Å²) in [5.41, 5.74) is 3.99. The van der Waals surface area contributed by atoms with Crippen molar-refractivity contribution < 1.29 is 18.7 Å². The summed E-state index contributed by atoms with van der Waals surface area (Å²) in [6.07, 6.45) is 1.66. The predicted octanol–water partition coefficient (Wildman–Crippen LogP) is 4.05. The van der Waals surface area contributed by atoms with Gasteiger partial charge >= 0.3 is 0 Å². The molecule has 0 unspecified atom stereocenters. The number of amides is 1. The van der Waals surface area contributed by atoms with Crippen LogP contribution in [0.2, 0.25) is 0 Å². The number of thiocarbonyl (C=S) groups is 1. The fourth-order valence-corrected chi connectivity index (χ4v) is 3.35. The highest BCUT2D eigenvalue weighted by Gasteiger charge is 2.17. The third-order valence-electron chi connectivity index (χ3n) is 4.76. The topological polar surface area (TPSA) is 98.5 Å². The Bertz CT molecular complexity index is 1300. The summed E-state index contributed by atoms with van der Waals surface area (Å²) < 4.78 is 16.4. The number of nitrogens with zero attached hydrogens (tertiary/aromatic N) is 2. The first-order valence-electron chi connectivity index (χ1n) is 9.41. The van der Waals surface area contributed by atoms with Gasteiger partial charge in [0.15, 0.2) is 27.8 Å². The van der Waals surface area contributed by atoms with Gasteiger partial charge in [-0.25, -0.2) is 4.98 Å². The first kappa shape index (κ1) is 19.0. The fourth-order valence-electron chi connectivity index (χ4n) is 3.15. The van der Waals surface area contributed by atoms with Crippen LogP contribution in [0.25, 0.3) is 22.7 Å². The van der Waals surface area contributed by atoms with E-state index in [-0.39, 0.29) is 17.8 Å². The van der Waals surface area contributed by atoms with Crippen molar-refractivity contribution in [1.29, 1.82) is 0 Å². The highest BCUT2D eigenvalue weighted by molar-refractivity contribution is 7.80. The molecule has 5 rings (SSSR count). The summed E-state index contributed by atoms with van der Waals surface area (Å²) >= 11 is 5.34. The SMILES string of the molecule is Cc1ccc(-c2nc3ncccc3o2)cc1NC(=S)NC(=O)c1ccc2c(c1)OCO2. The molecule has 0 bridgehead atoms. The minimum atomic E-state index is -0.352. The maximum absolute atomic E-state index is 12.6. The lowest BCUT2D eigenvalue weighted by molar-refractivity contribution is 0.0977. The summed E-state index contributed by atoms with van der Waals surface area (Å²) in [5, 5.41) is 5.91. The lowest BCUT2D eigenvalue weighted by atomic mass is 10.1. The van der Waals surface area contributed by atoms with E-state index in [9.17, 15) is 4.79 Å². The lowest BCUT2D eigenvalue weighted by Gasteiger charge is -2.13. The number of nitrogens with one attached hydrogen (secondary N) is 2. The van der Waals surface area contributed by atoms with E-state index in [0.29, 0.717) is 34.2 Å². The number of benzene rings is 2. The van der Waals surface area contributed by atoms with E-state index in [1.54, 1.807) is 30.5 Å². The number of oxazole rings is 1. The van der Waals surface area contributed by atoms with E-state index < -0.39 is 0 Å². The average Bonchev–Trinajstić information content (AvgIpc) is 3.41. The summed E-state index contributed by atoms with van der Waals surface area (Å²) in [4.78, 5) is 21.2. The van der Waals surface area contributed by atoms with Crippen molar-refractivity contribution >= 4 is 40.2 Å². The Morgan fingerprint density at radius 1 is 1.10 bits per heavy atom. The normalized spacial score (nSPS) is 12.0. The zero-order chi connectivity index (χ0) is 21.4. The first-order chi connectivity index (χ1) is 15.1. The molecule has 0 radical (unpaired) electrons. The predicted molar refractivity (Wildman–Crippen MR) is 118 cm³/mol. The molecule has 0 saturated carbocycles. The van der Waals surface area contributed by atoms with Crippen molar-refractivity contribution in [3.8, 4) is 23.0 Å². The molecule has 9 heteroatoms. The summed E-state index contributed by atoms with van der Waals surface area (Å²) in [6.45, 7) is 2.08. The minimum absolute atomic E-state index is 0.145. The molecule has 8 nitrogen and oxygen atoms in total. The Morgan fingerprint density at radius 3 is 2.84 bits per heavy atom. The van der Waals surface area contributed by atoms with Crippen LogP contribution in [0.1, 0.15) is 15.9 Å². The monoisotopic (exact) mass is 432 g/mol. The zero-order valence-electron chi connectivity index (χ0n) is 16.3. The zero-order valence-corrected chi connectivity index (χ0v) is 17.2. The number of hydrogen-bond donors (Lipinski definition) is 2. The third-order valence-corrected chi connectivity index (χ3v) is 4.96. The van der Waals surface area contributed by atoms with Crippen molar-refractivity contribution in [2.24, 2.45) is 0 Å². The Morgan fingerprint density at radius 2 is 1.97 bits per heavy atom. The van der Waals surface area contributed by atoms with Crippen LogP contribution in [0.4, 0.5) is 5.69 Å². The van der Waals surface area contributed by atoms with Gasteiger partial charge in [-0.05, 0) is 67.2 Å². The number of aromatic nitrogens is 2. The molecule has 0 saturated heterocycles. The second kappa shape index (κ2) is 7.69. The Hall–Kier alpha value is -3.98. The van der Waals surface area contributed by atoms with Gasteiger partial charge in [0.1, 0.15) is 0 Å². The molecular weight excluding hydrogens is 416 g/mol. The molecule has 2 N–H and O–H groups in total. The molecule has 2 aromatic heterocycles. The van der Waals surface area contributed by atoms with Gasteiger partial charge < -0.3 is 19.2 Å². The molecule has 1 amide bonds. The molecule has 2 aromatic carbocycles. The van der Waals surface area contributed by atoms with Crippen LogP contribution in [0.5, 0.6) is 11.5 Å². The molecule has 3 heterocycles. The maximum atomic E-state index is 12.6. The van der Waals surface area contributed by atoms with Crippen LogP contribution in [-0.2, 0) is 0 Å². The van der Waals surface area contributed by atoms with E-state index in [4.69, 9.17) is 26.1 Å². The van der Waals surface area contributed by atoms with Gasteiger partial charge in [-0.2, -0.15) is 4.98 Å². The number of carbonyl (C=O) groups is 1. The Balaban J connectivity index is 1.32. The molecule has 0 spiro atoms. The average molecular weight is 432 g/mol. The van der Waals surface area contributed by atoms with Crippen LogP contribution in [0.3, 0.4) is 0 Å². The van der Waals surface area contributed by atoms with Crippen LogP contribution >= 0.6 is 12.2 Å². The number of pyridine rings is 1. The largest absolute Gasteiger partial charge is 0.454 e. The lowest BCUT2D eigenvalue weighted by Crippen LogP contribution is -2.34. The van der Waals surface area contributed by atoms with Gasteiger partial charge in [0.2, 0.25) is 12.7 Å². The van der Waals surface area contributed by atoms with E-state index >= 15 is 0 Å². The smallest absolute Gasteiger partial charge is 0.257 e. The molecular formula is C22H16N4O4S. The highest BCUT2D eigenvalue weighted by Crippen LogP contribution is 2.32. The molecule has 31 heavy (non-hydrogen) atoms. The van der Waals surface area contributed by atoms with Gasteiger partial charge in [0.05, 0.1) is 0 Å². The molecule has 0 fully saturated rings. The number of rotatable bonds is 3. The van der Waals surface area contributed by atoms with E-state index in [1.165, 1.54) is 0 Å². The van der Waals surface area contributed by atoms with Crippen molar-refractivity contribution in [2.45, 2.75) is 6.92 Å². The Kier molecular flexibility index (Phi) is 4.72. The van der Waals surface area contributed by atoms with Gasteiger partial charge in [0, 0.05) is 23.0 Å². The molecule has 0 aliphatic carbocycles. The second-order valence-corrected chi connectivity index (χ2v) is 7.26. The second-order valence-electron chi connectivity index (χ2n) is 6.85. The van der Waals surface area contributed by atoms with Crippen molar-refractivity contribution in [2.75, 3.05) is 12.1 Å². The summed E-state index contributed by atoms with van der Waals surface area (Å²) in [7, 11) is 0. The molecule has 0 atom stereocenters. The van der Waals surface area contributed by atoms with E-state index in [0.717, 1.165) is 16.8 Å². The van der Waals surface area contributed by atoms with E-state index in [1.807, 2.05) is 31.2 Å². The number of aryl methyl sites for hydroxylation is 1. The standard InChI is InChI=1S/C22H16N4O4S/c1-12-4-5-14(21-25-19-17(30-21)3-2-8-23-19)9-15(12)24-22(31)26-20(27)13-6-7-16-18(10-13)29-11-28-16/h2-10H,11H2,1H3,(H2,24,26,27,31). The van der Waals surface area contributed by atoms with Crippen molar-refractivity contribution in [3.05, 3.63) is 65.9 Å². The number of hydrogen-bond acceptors (Lipinski definition) is 7. The van der Waals surface area contributed by atoms with Gasteiger partial charge in [-0.15, -0.1) is 0 Å². The summed E-state index contributed by atoms with van der Waals surface area (Å²) in [6, 6.07) is 14.2. The minimum Gasteiger partial charge on any atom is -0.454 e. The van der Waals surface area contributed by atoms with Gasteiger partial charge in [-0.1, -0.05) is 6.07 Å². The number of ether oxygens (including phenoxy) is 2. The van der Waals surface area contributed by atoms with Crippen LogP contribution in [-0.4, -0.2) is 27.8 Å². The molecule has 1 aliphatic heterocycles. The first-order valence-corrected chi connectivity index (χ1v) is 9.82.